The largest absolute Gasteiger partial charge is 0.416 e. The van der Waals surface area contributed by atoms with Crippen LogP contribution in [0.1, 0.15) is 0 Å². The van der Waals surface area contributed by atoms with Crippen LogP contribution >= 0.6 is 11.6 Å². The molecule has 168 valence electrons. The van der Waals surface area contributed by atoms with Gasteiger partial charge in [-0.3, -0.25) is 0 Å². The van der Waals surface area contributed by atoms with Crippen LogP contribution in [0.15, 0.2) is 82.2 Å². The van der Waals surface area contributed by atoms with Crippen LogP contribution in [0.5, 0.6) is 0 Å². The van der Waals surface area contributed by atoms with Gasteiger partial charge in [-0.15, -0.1) is 10.2 Å². The predicted octanol–water partition coefficient (Wildman–Crippen LogP) is 3.96. The molecule has 33 heavy (non-hydrogen) atoms. The van der Waals surface area contributed by atoms with Crippen molar-refractivity contribution in [2.75, 3.05) is 31.1 Å². The van der Waals surface area contributed by atoms with E-state index < -0.39 is 10.0 Å². The Morgan fingerprint density at radius 2 is 1.58 bits per heavy atom. The number of sulfonamides is 1. The highest BCUT2D eigenvalue weighted by atomic mass is 35.5. The molecule has 0 amide bonds. The van der Waals surface area contributed by atoms with Crippen LogP contribution in [0.2, 0.25) is 5.02 Å². The van der Waals surface area contributed by atoms with Gasteiger partial charge in [0, 0.05) is 37.9 Å². The second-order valence-corrected chi connectivity index (χ2v) is 9.84. The molecule has 0 unspecified atom stereocenters. The first-order valence-electron chi connectivity index (χ1n) is 10.4. The second kappa shape index (κ2) is 8.93. The Morgan fingerprint density at radius 3 is 2.30 bits per heavy atom. The van der Waals surface area contributed by atoms with E-state index in [2.05, 4.69) is 20.1 Å². The number of anilines is 1. The lowest BCUT2D eigenvalue weighted by atomic mass is 10.2. The Balaban J connectivity index is 1.38. The average molecular weight is 482 g/mol. The van der Waals surface area contributed by atoms with Gasteiger partial charge in [0.2, 0.25) is 21.8 Å². The molecule has 0 radical (unpaired) electrons. The number of pyridine rings is 1. The minimum Gasteiger partial charge on any atom is -0.416 e. The molecule has 5 rings (SSSR count). The zero-order valence-corrected chi connectivity index (χ0v) is 19.1. The molecule has 1 fully saturated rings. The van der Waals surface area contributed by atoms with Gasteiger partial charge in [-0.1, -0.05) is 35.9 Å². The van der Waals surface area contributed by atoms with E-state index in [9.17, 15) is 8.42 Å². The van der Waals surface area contributed by atoms with Crippen LogP contribution < -0.4 is 4.90 Å². The summed E-state index contributed by atoms with van der Waals surface area (Å²) in [4.78, 5) is 6.55. The first-order chi connectivity index (χ1) is 16.0. The Kier molecular flexibility index (Phi) is 5.84. The van der Waals surface area contributed by atoms with E-state index in [1.807, 2.05) is 48.5 Å². The number of rotatable bonds is 5. The first-order valence-corrected chi connectivity index (χ1v) is 12.2. The van der Waals surface area contributed by atoms with Crippen molar-refractivity contribution >= 4 is 27.4 Å². The summed E-state index contributed by atoms with van der Waals surface area (Å²) in [5, 5.41) is 8.49. The van der Waals surface area contributed by atoms with E-state index in [1.165, 1.54) is 16.4 Å². The molecule has 1 aliphatic rings. The van der Waals surface area contributed by atoms with Crippen LogP contribution in [0, 0.1) is 0 Å². The number of benzene rings is 2. The van der Waals surface area contributed by atoms with Crippen LogP contribution in [0.3, 0.4) is 0 Å². The van der Waals surface area contributed by atoms with Gasteiger partial charge in [-0.2, -0.15) is 4.31 Å². The molecule has 0 saturated carbocycles. The van der Waals surface area contributed by atoms with Crippen molar-refractivity contribution in [2.45, 2.75) is 4.90 Å². The molecule has 0 spiro atoms. The number of hydrogen-bond donors (Lipinski definition) is 0. The summed E-state index contributed by atoms with van der Waals surface area (Å²) in [6, 6.07) is 19.6. The maximum atomic E-state index is 13.3. The number of nitrogens with zero attached hydrogens (tertiary/aromatic N) is 5. The van der Waals surface area contributed by atoms with E-state index in [0.29, 0.717) is 42.7 Å². The topological polar surface area (TPSA) is 92.4 Å². The van der Waals surface area contributed by atoms with Gasteiger partial charge < -0.3 is 9.32 Å². The zero-order valence-electron chi connectivity index (χ0n) is 17.5. The van der Waals surface area contributed by atoms with E-state index in [1.54, 1.807) is 12.3 Å². The maximum Gasteiger partial charge on any atom is 0.249 e. The van der Waals surface area contributed by atoms with E-state index >= 15 is 0 Å². The summed E-state index contributed by atoms with van der Waals surface area (Å²) in [5.41, 5.74) is 1.14. The fraction of sp³-hybridized carbons (Fsp3) is 0.174. The first kappa shape index (κ1) is 21.6. The van der Waals surface area contributed by atoms with Crippen LogP contribution in [0.25, 0.3) is 22.9 Å². The number of aromatic nitrogens is 3. The quantitative estimate of drug-likeness (QED) is 0.426. The third-order valence-corrected chi connectivity index (χ3v) is 7.69. The molecule has 3 heterocycles. The second-order valence-electron chi connectivity index (χ2n) is 7.50. The highest BCUT2D eigenvalue weighted by Crippen LogP contribution is 2.32. The number of piperazine rings is 1. The van der Waals surface area contributed by atoms with Gasteiger partial charge in [0.1, 0.15) is 5.82 Å². The molecule has 0 N–H and O–H groups in total. The predicted molar refractivity (Wildman–Crippen MR) is 125 cm³/mol. The van der Waals surface area contributed by atoms with Crippen molar-refractivity contribution in [2.24, 2.45) is 0 Å². The van der Waals surface area contributed by atoms with Gasteiger partial charge in [0.25, 0.3) is 0 Å². The third-order valence-electron chi connectivity index (χ3n) is 5.46. The summed E-state index contributed by atoms with van der Waals surface area (Å²) in [7, 11) is -3.72. The highest BCUT2D eigenvalue weighted by Gasteiger charge is 2.30. The Bertz CT molecular complexity index is 1360. The molecule has 4 aromatic rings. The standard InChI is InChI=1S/C23H20ClN5O3S/c24-20-10-9-18(16-19(20)23-27-26-22(32-23)17-6-2-1-3-7-17)33(30,31)29-14-12-28(13-15-29)21-8-4-5-11-25-21/h1-11,16H,12-15H2. The molecule has 0 atom stereocenters. The molecule has 10 heteroatoms. The molecule has 2 aromatic carbocycles. The molecular weight excluding hydrogens is 462 g/mol. The Labute approximate surface area is 196 Å². The number of halogens is 1. The van der Waals surface area contributed by atoms with Gasteiger partial charge in [-0.25, -0.2) is 13.4 Å². The summed E-state index contributed by atoms with van der Waals surface area (Å²) in [6.45, 7) is 1.83. The average Bonchev–Trinajstić information content (AvgIpc) is 3.35. The van der Waals surface area contributed by atoms with Crippen LogP contribution in [-0.2, 0) is 10.0 Å². The Hall–Kier alpha value is -3.27. The van der Waals surface area contributed by atoms with Gasteiger partial charge in [0.05, 0.1) is 15.5 Å². The third kappa shape index (κ3) is 4.35. The van der Waals surface area contributed by atoms with Gasteiger partial charge in [0.15, 0.2) is 0 Å². The van der Waals surface area contributed by atoms with E-state index in [-0.39, 0.29) is 10.8 Å². The van der Waals surface area contributed by atoms with Crippen molar-refractivity contribution in [3.63, 3.8) is 0 Å². The molecule has 1 saturated heterocycles. The summed E-state index contributed by atoms with van der Waals surface area (Å²) in [6.07, 6.45) is 1.73. The zero-order chi connectivity index (χ0) is 22.8. The van der Waals surface area contributed by atoms with Crippen molar-refractivity contribution in [3.05, 3.63) is 77.9 Å². The molecule has 0 bridgehead atoms. The molecule has 8 nitrogen and oxygen atoms in total. The highest BCUT2D eigenvalue weighted by molar-refractivity contribution is 7.89. The summed E-state index contributed by atoms with van der Waals surface area (Å²) >= 11 is 6.36. The molecule has 0 aliphatic carbocycles. The minimum absolute atomic E-state index is 0.132. The van der Waals surface area contributed by atoms with E-state index in [4.69, 9.17) is 16.0 Å². The fourth-order valence-electron chi connectivity index (χ4n) is 3.71. The summed E-state index contributed by atoms with van der Waals surface area (Å²) in [5.74, 6) is 1.34. The van der Waals surface area contributed by atoms with E-state index in [0.717, 1.165) is 11.4 Å². The van der Waals surface area contributed by atoms with Crippen molar-refractivity contribution < 1.29 is 12.8 Å². The summed E-state index contributed by atoms with van der Waals surface area (Å²) < 4.78 is 33.9. The molecule has 1 aliphatic heterocycles. The van der Waals surface area contributed by atoms with Crippen LogP contribution in [-0.4, -0.2) is 54.1 Å². The van der Waals surface area contributed by atoms with Crippen molar-refractivity contribution in [1.82, 2.24) is 19.5 Å². The van der Waals surface area contributed by atoms with Crippen molar-refractivity contribution in [1.29, 1.82) is 0 Å². The lowest BCUT2D eigenvalue weighted by Crippen LogP contribution is -2.48. The SMILES string of the molecule is O=S(=O)(c1ccc(Cl)c(-c2nnc(-c3ccccc3)o2)c1)N1CCN(c2ccccn2)CC1. The smallest absolute Gasteiger partial charge is 0.249 e. The fourth-order valence-corrected chi connectivity index (χ4v) is 5.35. The molecule has 2 aromatic heterocycles. The number of hydrogen-bond acceptors (Lipinski definition) is 7. The lowest BCUT2D eigenvalue weighted by Gasteiger charge is -2.34. The van der Waals surface area contributed by atoms with Gasteiger partial charge in [-0.05, 0) is 42.5 Å². The maximum absolute atomic E-state index is 13.3. The van der Waals surface area contributed by atoms with Gasteiger partial charge >= 0.3 is 0 Å². The van der Waals surface area contributed by atoms with Crippen LogP contribution in [0.4, 0.5) is 5.82 Å². The molecular formula is C23H20ClN5O3S. The van der Waals surface area contributed by atoms with Crippen molar-refractivity contribution in [3.8, 4) is 22.9 Å². The lowest BCUT2D eigenvalue weighted by molar-refractivity contribution is 0.384. The monoisotopic (exact) mass is 481 g/mol. The minimum atomic E-state index is -3.72. The Morgan fingerprint density at radius 1 is 0.848 bits per heavy atom. The normalized spacial score (nSPS) is 15.0.